The van der Waals surface area contributed by atoms with E-state index in [0.717, 1.165) is 9.47 Å². The van der Waals surface area contributed by atoms with Gasteiger partial charge in [-0.2, -0.15) is 0 Å². The number of hydrogen-bond donors (Lipinski definition) is 1. The molecule has 0 bridgehead atoms. The number of ether oxygens (including phenoxy) is 2. The summed E-state index contributed by atoms with van der Waals surface area (Å²) in [5, 5.41) is 12.1. The Morgan fingerprint density at radius 2 is 1.84 bits per heavy atom. The van der Waals surface area contributed by atoms with Gasteiger partial charge < -0.3 is 24.6 Å². The Hall–Kier alpha value is -2.53. The zero-order chi connectivity index (χ0) is 22.4. The molecule has 1 aliphatic rings. The van der Waals surface area contributed by atoms with Gasteiger partial charge in [-0.25, -0.2) is 0 Å². The number of benzene rings is 1. The zero-order valence-electron chi connectivity index (χ0n) is 18.1. The molecule has 1 N–H and O–H groups in total. The van der Waals surface area contributed by atoms with E-state index >= 15 is 0 Å². The summed E-state index contributed by atoms with van der Waals surface area (Å²) >= 11 is 2.85. The van der Waals surface area contributed by atoms with Crippen LogP contribution in [0.25, 0.3) is 0 Å². The lowest BCUT2D eigenvalue weighted by Gasteiger charge is -2.34. The Morgan fingerprint density at radius 3 is 2.48 bits per heavy atom. The molecule has 168 valence electrons. The zero-order valence-corrected chi connectivity index (χ0v) is 19.7. The number of thioether (sulfide) groups is 1. The topological polar surface area (TPSA) is 96.9 Å². The molecule has 1 aromatic heterocycles. The fourth-order valence-corrected chi connectivity index (χ4v) is 4.84. The highest BCUT2D eigenvalue weighted by molar-refractivity contribution is 8.01. The van der Waals surface area contributed by atoms with Crippen LogP contribution in [0.2, 0.25) is 0 Å². The Labute approximate surface area is 190 Å². The Morgan fingerprint density at radius 1 is 1.13 bits per heavy atom. The first-order valence-corrected chi connectivity index (χ1v) is 11.7. The van der Waals surface area contributed by atoms with E-state index in [1.807, 2.05) is 18.7 Å². The molecule has 1 aliphatic heterocycles. The predicted molar refractivity (Wildman–Crippen MR) is 122 cm³/mol. The molecule has 1 aromatic carbocycles. The Kier molecular flexibility index (Phi) is 7.97. The van der Waals surface area contributed by atoms with E-state index in [4.69, 9.17) is 9.47 Å². The number of methoxy groups -OCH3 is 2. The van der Waals surface area contributed by atoms with Crippen molar-refractivity contribution in [2.45, 2.75) is 24.2 Å². The fourth-order valence-electron chi connectivity index (χ4n) is 3.13. The van der Waals surface area contributed by atoms with Crippen LogP contribution in [0.1, 0.15) is 24.2 Å². The van der Waals surface area contributed by atoms with Crippen LogP contribution < -0.4 is 19.7 Å². The van der Waals surface area contributed by atoms with Crippen molar-refractivity contribution in [1.29, 1.82) is 0 Å². The molecule has 0 spiro atoms. The molecule has 0 radical (unpaired) electrons. The fraction of sp³-hybridized carbons (Fsp3) is 0.500. The van der Waals surface area contributed by atoms with Crippen LogP contribution in [0.15, 0.2) is 22.5 Å². The number of piperazine rings is 1. The first-order chi connectivity index (χ1) is 14.9. The maximum absolute atomic E-state index is 12.9. The summed E-state index contributed by atoms with van der Waals surface area (Å²) in [4.78, 5) is 28.6. The van der Waals surface area contributed by atoms with Crippen LogP contribution in [0.4, 0.5) is 5.13 Å². The molecule has 2 aromatic rings. The minimum absolute atomic E-state index is 0.0148. The maximum Gasteiger partial charge on any atom is 0.254 e. The molecule has 1 saturated heterocycles. The number of amides is 2. The first kappa shape index (κ1) is 23.1. The SMILES string of the molecule is COc1ccc(C(=O)N2CCN(c3nnc(SCC(=O)NC(C)C)s3)CC2)cc1OC. The van der Waals surface area contributed by atoms with Crippen molar-refractivity contribution >= 4 is 40.0 Å². The molecule has 9 nitrogen and oxygen atoms in total. The number of hydrogen-bond acceptors (Lipinski definition) is 9. The van der Waals surface area contributed by atoms with E-state index in [1.165, 1.54) is 23.1 Å². The van der Waals surface area contributed by atoms with Gasteiger partial charge in [-0.1, -0.05) is 23.1 Å². The van der Waals surface area contributed by atoms with Gasteiger partial charge in [0.15, 0.2) is 15.8 Å². The first-order valence-electron chi connectivity index (χ1n) is 9.93. The Bertz CT molecular complexity index is 913. The summed E-state index contributed by atoms with van der Waals surface area (Å²) in [6, 6.07) is 5.32. The largest absolute Gasteiger partial charge is 0.493 e. The van der Waals surface area contributed by atoms with E-state index in [2.05, 4.69) is 20.4 Å². The number of anilines is 1. The molecule has 2 heterocycles. The molecule has 3 rings (SSSR count). The molecular formula is C20H27N5O4S2. The monoisotopic (exact) mass is 465 g/mol. The normalized spacial score (nSPS) is 14.0. The number of rotatable bonds is 8. The van der Waals surface area contributed by atoms with Gasteiger partial charge in [0.1, 0.15) is 0 Å². The van der Waals surface area contributed by atoms with Gasteiger partial charge in [0.05, 0.1) is 20.0 Å². The number of carbonyl (C=O) groups is 2. The summed E-state index contributed by atoms with van der Waals surface area (Å²) in [5.74, 6) is 1.40. The second-order valence-corrected chi connectivity index (χ2v) is 9.39. The highest BCUT2D eigenvalue weighted by atomic mass is 32.2. The summed E-state index contributed by atoms with van der Waals surface area (Å²) in [5.41, 5.74) is 0.570. The van der Waals surface area contributed by atoms with Crippen molar-refractivity contribution in [3.63, 3.8) is 0 Å². The Balaban J connectivity index is 1.53. The number of nitrogens with zero attached hydrogens (tertiary/aromatic N) is 4. The molecule has 1 fully saturated rings. The van der Waals surface area contributed by atoms with Crippen LogP contribution in [-0.4, -0.2) is 79.1 Å². The minimum atomic E-state index is -0.0368. The third-order valence-corrected chi connectivity index (χ3v) is 6.76. The smallest absolute Gasteiger partial charge is 0.254 e. The number of nitrogens with one attached hydrogen (secondary N) is 1. The van der Waals surface area contributed by atoms with Crippen molar-refractivity contribution in [3.8, 4) is 11.5 Å². The quantitative estimate of drug-likeness (QED) is 0.593. The lowest BCUT2D eigenvalue weighted by atomic mass is 10.1. The molecule has 0 unspecified atom stereocenters. The number of carbonyl (C=O) groups excluding carboxylic acids is 2. The second kappa shape index (κ2) is 10.7. The van der Waals surface area contributed by atoms with E-state index in [0.29, 0.717) is 49.0 Å². The number of aromatic nitrogens is 2. The average molecular weight is 466 g/mol. The summed E-state index contributed by atoms with van der Waals surface area (Å²) in [6.07, 6.45) is 0. The van der Waals surface area contributed by atoms with E-state index in [1.54, 1.807) is 32.4 Å². The molecule has 11 heteroatoms. The summed E-state index contributed by atoms with van der Waals surface area (Å²) < 4.78 is 11.3. The van der Waals surface area contributed by atoms with Crippen molar-refractivity contribution < 1.29 is 19.1 Å². The lowest BCUT2D eigenvalue weighted by Crippen LogP contribution is -2.48. The third kappa shape index (κ3) is 6.01. The van der Waals surface area contributed by atoms with Gasteiger partial charge in [-0.15, -0.1) is 10.2 Å². The van der Waals surface area contributed by atoms with E-state index < -0.39 is 0 Å². The van der Waals surface area contributed by atoms with Gasteiger partial charge in [0.2, 0.25) is 11.0 Å². The van der Waals surface area contributed by atoms with Crippen molar-refractivity contribution in [1.82, 2.24) is 20.4 Å². The van der Waals surface area contributed by atoms with Crippen LogP contribution in [0.3, 0.4) is 0 Å². The minimum Gasteiger partial charge on any atom is -0.493 e. The van der Waals surface area contributed by atoms with Crippen LogP contribution in [0.5, 0.6) is 11.5 Å². The van der Waals surface area contributed by atoms with E-state index in [-0.39, 0.29) is 17.9 Å². The van der Waals surface area contributed by atoms with Crippen LogP contribution in [0, 0.1) is 0 Å². The third-order valence-electron chi connectivity index (χ3n) is 4.64. The van der Waals surface area contributed by atoms with Crippen molar-refractivity contribution in [3.05, 3.63) is 23.8 Å². The molecule has 0 aliphatic carbocycles. The molecule has 31 heavy (non-hydrogen) atoms. The second-order valence-electron chi connectivity index (χ2n) is 7.21. The van der Waals surface area contributed by atoms with Gasteiger partial charge >= 0.3 is 0 Å². The lowest BCUT2D eigenvalue weighted by molar-refractivity contribution is -0.119. The maximum atomic E-state index is 12.9. The highest BCUT2D eigenvalue weighted by Gasteiger charge is 2.25. The van der Waals surface area contributed by atoms with Gasteiger partial charge in [-0.3, -0.25) is 9.59 Å². The van der Waals surface area contributed by atoms with Gasteiger partial charge in [-0.05, 0) is 32.0 Å². The molecule has 0 saturated carbocycles. The van der Waals surface area contributed by atoms with Gasteiger partial charge in [0, 0.05) is 37.8 Å². The van der Waals surface area contributed by atoms with Crippen molar-refractivity contribution in [2.24, 2.45) is 0 Å². The molecule has 2 amide bonds. The summed E-state index contributed by atoms with van der Waals surface area (Å²) in [6.45, 7) is 6.39. The van der Waals surface area contributed by atoms with Crippen molar-refractivity contribution in [2.75, 3.05) is 51.1 Å². The molecular weight excluding hydrogens is 438 g/mol. The molecule has 0 atom stereocenters. The van der Waals surface area contributed by atoms with Crippen LogP contribution in [-0.2, 0) is 4.79 Å². The standard InChI is InChI=1S/C20H27N5O4S2/c1-13(2)21-17(26)12-30-20-23-22-19(31-20)25-9-7-24(8-10-25)18(27)14-5-6-15(28-3)16(11-14)29-4/h5-6,11,13H,7-10,12H2,1-4H3,(H,21,26). The predicted octanol–water partition coefficient (Wildman–Crippen LogP) is 2.13. The van der Waals surface area contributed by atoms with Gasteiger partial charge in [0.25, 0.3) is 5.91 Å². The summed E-state index contributed by atoms with van der Waals surface area (Å²) in [7, 11) is 3.12. The highest BCUT2D eigenvalue weighted by Crippen LogP contribution is 2.30. The average Bonchev–Trinajstić information content (AvgIpc) is 3.25. The van der Waals surface area contributed by atoms with E-state index in [9.17, 15) is 9.59 Å². The van der Waals surface area contributed by atoms with Crippen LogP contribution >= 0.6 is 23.1 Å².